The number of likely N-dealkylation sites (tertiary alicyclic amines) is 1. The number of rotatable bonds is 1. The Kier molecular flexibility index (Phi) is 1.28. The summed E-state index contributed by atoms with van der Waals surface area (Å²) in [7, 11) is -2.77. The van der Waals surface area contributed by atoms with E-state index in [1.165, 1.54) is 24.3 Å². The molecule has 22 heavy (non-hydrogen) atoms. The number of nitrogens with zero attached hydrogens (tertiary/aromatic N) is 1. The predicted octanol–water partition coefficient (Wildman–Crippen LogP) is 1.50. The van der Waals surface area contributed by atoms with Gasteiger partial charge in [0.2, 0.25) is 0 Å². The molecule has 2 heterocycles. The fraction of sp³-hybridized carbons (Fsp3) is 0.556. The maximum Gasteiger partial charge on any atom is 0.165 e. The molecule has 1 aromatic rings. The summed E-state index contributed by atoms with van der Waals surface area (Å²) in [6, 6.07) is 0.418. The number of aliphatic hydroxyl groups is 1. The van der Waals surface area contributed by atoms with E-state index in [2.05, 4.69) is 0 Å². The molecule has 4 heteroatoms. The second kappa shape index (κ2) is 4.06. The number of hydrogen-bond acceptors (Lipinski definition) is 4. The smallest absolute Gasteiger partial charge is 0.165 e. The van der Waals surface area contributed by atoms with Crippen molar-refractivity contribution >= 4 is 0 Å². The molecule has 1 aromatic carbocycles. The number of benzene rings is 1. The minimum absolute atomic E-state index is 0.0413. The van der Waals surface area contributed by atoms with Crippen molar-refractivity contribution in [2.45, 2.75) is 36.4 Å². The number of hydrogen-bond donors (Lipinski definition) is 1. The number of ether oxygens (including phenoxy) is 2. The quantitative estimate of drug-likeness (QED) is 0.799. The van der Waals surface area contributed by atoms with Gasteiger partial charge in [-0.25, -0.2) is 0 Å². The topological polar surface area (TPSA) is 41.9 Å². The van der Waals surface area contributed by atoms with Crippen LogP contribution >= 0.6 is 0 Å². The molecule has 0 aromatic heterocycles. The van der Waals surface area contributed by atoms with Gasteiger partial charge in [0.1, 0.15) is 12.2 Å². The molecular weight excluding hydrogens is 278 g/mol. The van der Waals surface area contributed by atoms with Crippen molar-refractivity contribution in [3.63, 3.8) is 0 Å². The predicted molar refractivity (Wildman–Crippen MR) is 82.5 cm³/mol. The average Bonchev–Trinajstić information content (AvgIpc) is 2.95. The molecule has 2 unspecified atom stereocenters. The Morgan fingerprint density at radius 3 is 3.36 bits per heavy atom. The molecule has 2 aliphatic carbocycles. The summed E-state index contributed by atoms with van der Waals surface area (Å²) in [5.41, 5.74) is -0.654. The normalized spacial score (nSPS) is 53.9. The Morgan fingerprint density at radius 2 is 2.50 bits per heavy atom. The molecule has 0 amide bonds. The highest BCUT2D eigenvalue weighted by Crippen LogP contribution is 2.62. The first-order valence-corrected chi connectivity index (χ1v) is 7.33. The van der Waals surface area contributed by atoms with E-state index in [-0.39, 0.29) is 30.0 Å². The SMILES string of the molecule is [2H]C([2H])([2H])Oc1ccc2c3c1OC1C(O)C=C[C@@H]4[C@@]31CCN(C([2H])([2H])[2H])[C@]4([2H])C2([2H])[2H]. The van der Waals surface area contributed by atoms with Gasteiger partial charge in [-0.2, -0.15) is 0 Å². The second-order valence-electron chi connectivity index (χ2n) is 6.26. The molecule has 0 saturated carbocycles. The molecule has 116 valence electrons. The molecule has 2 bridgehead atoms. The van der Waals surface area contributed by atoms with Crippen molar-refractivity contribution in [2.75, 3.05) is 20.6 Å². The lowest BCUT2D eigenvalue weighted by atomic mass is 9.53. The molecule has 1 fully saturated rings. The summed E-state index contributed by atoms with van der Waals surface area (Å²) in [6.45, 7) is -2.82. The highest BCUT2D eigenvalue weighted by atomic mass is 16.5. The summed E-state index contributed by atoms with van der Waals surface area (Å²) < 4.78 is 84.5. The first kappa shape index (κ1) is 6.93. The van der Waals surface area contributed by atoms with Crippen LogP contribution in [-0.4, -0.2) is 48.8 Å². The first-order chi connectivity index (χ1) is 14.2. The number of aliphatic hydroxyl groups excluding tert-OH is 1. The second-order valence-corrected chi connectivity index (χ2v) is 6.26. The lowest BCUT2D eigenvalue weighted by Gasteiger charge is -2.56. The molecule has 1 N–H and O–H groups in total. The molecule has 2 aliphatic heterocycles. The summed E-state index contributed by atoms with van der Waals surface area (Å²) in [6.07, 6.45) is -1.35. The minimum atomic E-state index is -2.77. The van der Waals surface area contributed by atoms with Crippen LogP contribution in [0.4, 0.5) is 0 Å². The van der Waals surface area contributed by atoms with Crippen molar-refractivity contribution < 1.29 is 26.9 Å². The van der Waals surface area contributed by atoms with Gasteiger partial charge in [-0.3, -0.25) is 0 Å². The third-order valence-electron chi connectivity index (χ3n) is 5.41. The maximum atomic E-state index is 10.7. The van der Waals surface area contributed by atoms with Gasteiger partial charge >= 0.3 is 0 Å². The zero-order valence-corrected chi connectivity index (χ0v) is 11.7. The Morgan fingerprint density at radius 1 is 1.55 bits per heavy atom. The van der Waals surface area contributed by atoms with E-state index in [9.17, 15) is 6.48 Å². The molecule has 4 aliphatic rings. The molecular formula is C18H21NO3. The monoisotopic (exact) mass is 308 g/mol. The summed E-state index contributed by atoms with van der Waals surface area (Å²) in [4.78, 5) is 0.919. The van der Waals surface area contributed by atoms with Crippen molar-refractivity contribution in [1.82, 2.24) is 4.90 Å². The highest BCUT2D eigenvalue weighted by molar-refractivity contribution is 5.62. The van der Waals surface area contributed by atoms with Crippen LogP contribution in [0.3, 0.4) is 0 Å². The Bertz CT molecular complexity index is 991. The van der Waals surface area contributed by atoms with Crippen molar-refractivity contribution in [1.29, 1.82) is 0 Å². The lowest BCUT2D eigenvalue weighted by molar-refractivity contribution is -0.0453. The Hall–Kier alpha value is -1.52. The molecule has 1 saturated heterocycles. The van der Waals surface area contributed by atoms with Gasteiger partial charge in [-0.05, 0) is 37.9 Å². The Balaban J connectivity index is 1.83. The van der Waals surface area contributed by atoms with Gasteiger partial charge in [0.05, 0.1) is 11.2 Å². The third-order valence-corrected chi connectivity index (χ3v) is 5.41. The largest absolute Gasteiger partial charge is 0.493 e. The van der Waals surface area contributed by atoms with E-state index in [1.54, 1.807) is 0 Å². The van der Waals surface area contributed by atoms with Gasteiger partial charge in [-0.15, -0.1) is 0 Å². The fourth-order valence-electron chi connectivity index (χ4n) is 4.53. The van der Waals surface area contributed by atoms with Crippen molar-refractivity contribution in [3.8, 4) is 11.5 Å². The fourth-order valence-corrected chi connectivity index (χ4v) is 4.53. The lowest BCUT2D eigenvalue weighted by Crippen LogP contribution is -2.64. The standard InChI is InChI=1S/C18H21NO3/c1-19-8-7-18-11-4-5-13(20)17(18)22-16-14(21-2)6-3-10(15(16)18)9-12(11)19/h3-6,11-13,17,20H,7-9H2,1-2H3/t11-,12+,13?,17?,18-/m0/s1/i1D3,2D3,9D2,12D. The summed E-state index contributed by atoms with van der Waals surface area (Å²) >= 11 is 0. The van der Waals surface area contributed by atoms with Gasteiger partial charge in [0, 0.05) is 31.1 Å². The number of likely N-dealkylation sites (N-methyl/N-ethyl adjacent to an activating group) is 1. The minimum Gasteiger partial charge on any atom is -0.493 e. The van der Waals surface area contributed by atoms with E-state index in [1.807, 2.05) is 0 Å². The van der Waals surface area contributed by atoms with E-state index < -0.39 is 49.9 Å². The first-order valence-electron chi connectivity index (χ1n) is 11.8. The molecule has 1 spiro atoms. The van der Waals surface area contributed by atoms with Crippen LogP contribution in [0, 0.1) is 5.92 Å². The van der Waals surface area contributed by atoms with Crippen LogP contribution in [0.2, 0.25) is 0 Å². The highest BCUT2D eigenvalue weighted by Gasteiger charge is 2.64. The van der Waals surface area contributed by atoms with Crippen LogP contribution in [-0.2, 0) is 11.8 Å². The van der Waals surface area contributed by atoms with Gasteiger partial charge < -0.3 is 19.5 Å². The molecule has 0 radical (unpaired) electrons. The molecule has 5 rings (SSSR count). The van der Waals surface area contributed by atoms with Crippen molar-refractivity contribution in [3.05, 3.63) is 35.4 Å². The van der Waals surface area contributed by atoms with Gasteiger partial charge in [0.25, 0.3) is 0 Å². The maximum absolute atomic E-state index is 10.7. The van der Waals surface area contributed by atoms with E-state index >= 15 is 0 Å². The molecule has 4 nitrogen and oxygen atoms in total. The van der Waals surface area contributed by atoms with Gasteiger partial charge in [0.15, 0.2) is 11.5 Å². The van der Waals surface area contributed by atoms with Crippen LogP contribution < -0.4 is 9.47 Å². The van der Waals surface area contributed by atoms with Crippen LogP contribution in [0.25, 0.3) is 0 Å². The van der Waals surface area contributed by atoms with E-state index in [0.717, 1.165) is 4.90 Å². The number of piperidine rings is 1. The van der Waals surface area contributed by atoms with Crippen molar-refractivity contribution in [2.24, 2.45) is 5.92 Å². The van der Waals surface area contributed by atoms with Gasteiger partial charge in [-0.1, -0.05) is 18.2 Å². The molecule has 5 atom stereocenters. The average molecular weight is 308 g/mol. The number of methoxy groups -OCH3 is 1. The third kappa shape index (κ3) is 1.28. The summed E-state index contributed by atoms with van der Waals surface area (Å²) in [5, 5.41) is 10.7. The van der Waals surface area contributed by atoms with E-state index in [0.29, 0.717) is 5.56 Å². The van der Waals surface area contributed by atoms with E-state index in [4.69, 9.17) is 20.4 Å². The Labute approximate surface area is 143 Å². The van der Waals surface area contributed by atoms with Crippen LogP contribution in [0.15, 0.2) is 24.3 Å². The van der Waals surface area contributed by atoms with Crippen LogP contribution in [0.5, 0.6) is 11.5 Å². The zero-order chi connectivity index (χ0) is 22.8. The van der Waals surface area contributed by atoms with Crippen LogP contribution in [0.1, 0.15) is 29.9 Å². The zero-order valence-electron chi connectivity index (χ0n) is 20.7. The summed E-state index contributed by atoms with van der Waals surface area (Å²) in [5.74, 6) is -1.01.